The van der Waals surface area contributed by atoms with Crippen molar-refractivity contribution in [2.24, 2.45) is 0 Å². The third-order valence-electron chi connectivity index (χ3n) is 5.31. The summed E-state index contributed by atoms with van der Waals surface area (Å²) in [5.41, 5.74) is 3.21. The van der Waals surface area contributed by atoms with E-state index in [4.69, 9.17) is 9.47 Å². The monoisotopic (exact) mass is 443 g/mol. The molecule has 3 amide bonds. The van der Waals surface area contributed by atoms with Crippen molar-refractivity contribution in [3.8, 4) is 11.5 Å². The molecular formula is C26H25N3O4. The highest BCUT2D eigenvalue weighted by atomic mass is 16.5. The number of methoxy groups -OCH3 is 1. The van der Waals surface area contributed by atoms with E-state index in [9.17, 15) is 9.59 Å². The van der Waals surface area contributed by atoms with Gasteiger partial charge in [0.15, 0.2) is 0 Å². The third kappa shape index (κ3) is 5.15. The van der Waals surface area contributed by atoms with Crippen LogP contribution < -0.4 is 25.4 Å². The molecule has 4 rings (SSSR count). The lowest BCUT2D eigenvalue weighted by molar-refractivity contribution is -0.113. The number of para-hydroxylation sites is 2. The van der Waals surface area contributed by atoms with Crippen LogP contribution in [0.5, 0.6) is 11.5 Å². The SMILES string of the molecule is COc1ccccc1NC(=O)C1=C(C)NC(=O)NC1c1cccc(OCc2ccccc2)c1. The summed E-state index contributed by atoms with van der Waals surface area (Å²) in [4.78, 5) is 25.5. The lowest BCUT2D eigenvalue weighted by Crippen LogP contribution is -2.46. The van der Waals surface area contributed by atoms with Gasteiger partial charge in [0.25, 0.3) is 5.91 Å². The average molecular weight is 444 g/mol. The zero-order valence-corrected chi connectivity index (χ0v) is 18.4. The fourth-order valence-corrected chi connectivity index (χ4v) is 3.71. The molecular weight excluding hydrogens is 418 g/mol. The summed E-state index contributed by atoms with van der Waals surface area (Å²) in [5, 5.41) is 8.44. The molecule has 3 N–H and O–H groups in total. The van der Waals surface area contributed by atoms with Crippen LogP contribution >= 0.6 is 0 Å². The van der Waals surface area contributed by atoms with E-state index in [2.05, 4.69) is 16.0 Å². The minimum Gasteiger partial charge on any atom is -0.495 e. The second-order valence-corrected chi connectivity index (χ2v) is 7.57. The van der Waals surface area contributed by atoms with Crippen molar-refractivity contribution in [3.63, 3.8) is 0 Å². The standard InChI is InChI=1S/C26H25N3O4/c1-17-23(25(30)28-21-13-6-7-14-22(21)32-2)24(29-26(31)27-17)19-11-8-12-20(15-19)33-16-18-9-4-3-5-10-18/h3-15,24H,16H2,1-2H3,(H,28,30)(H2,27,29,31). The molecule has 0 saturated carbocycles. The highest BCUT2D eigenvalue weighted by Crippen LogP contribution is 2.31. The van der Waals surface area contributed by atoms with Gasteiger partial charge in [-0.15, -0.1) is 0 Å². The Bertz CT molecular complexity index is 1190. The van der Waals surface area contributed by atoms with Crippen LogP contribution in [-0.2, 0) is 11.4 Å². The molecule has 1 atom stereocenters. The predicted molar refractivity (Wildman–Crippen MR) is 126 cm³/mol. The number of anilines is 1. The number of ether oxygens (including phenoxy) is 2. The normalized spacial score (nSPS) is 15.3. The Labute approximate surface area is 192 Å². The summed E-state index contributed by atoms with van der Waals surface area (Å²) in [6.45, 7) is 2.12. The zero-order chi connectivity index (χ0) is 23.2. The van der Waals surface area contributed by atoms with E-state index in [1.807, 2.05) is 66.7 Å². The van der Waals surface area contributed by atoms with Gasteiger partial charge in [0.1, 0.15) is 18.1 Å². The van der Waals surface area contributed by atoms with E-state index in [0.717, 1.165) is 11.1 Å². The molecule has 1 aliphatic rings. The van der Waals surface area contributed by atoms with E-state index >= 15 is 0 Å². The summed E-state index contributed by atoms with van der Waals surface area (Å²) >= 11 is 0. The first-order chi connectivity index (χ1) is 16.0. The predicted octanol–water partition coefficient (Wildman–Crippen LogP) is 4.54. The Morgan fingerprint density at radius 3 is 2.55 bits per heavy atom. The van der Waals surface area contributed by atoms with Gasteiger partial charge < -0.3 is 25.4 Å². The van der Waals surface area contributed by atoms with E-state index in [-0.39, 0.29) is 11.9 Å². The van der Waals surface area contributed by atoms with Crippen molar-refractivity contribution < 1.29 is 19.1 Å². The van der Waals surface area contributed by atoms with Crippen LogP contribution in [0.25, 0.3) is 0 Å². The minimum absolute atomic E-state index is 0.342. The maximum Gasteiger partial charge on any atom is 0.319 e. The Balaban J connectivity index is 1.59. The molecule has 0 fully saturated rings. The van der Waals surface area contributed by atoms with Crippen molar-refractivity contribution >= 4 is 17.6 Å². The molecule has 0 spiro atoms. The number of benzene rings is 3. The van der Waals surface area contributed by atoms with Crippen LogP contribution in [-0.4, -0.2) is 19.0 Å². The Hall–Kier alpha value is -4.26. The van der Waals surface area contributed by atoms with Crippen molar-refractivity contribution in [1.82, 2.24) is 10.6 Å². The van der Waals surface area contributed by atoms with Crippen molar-refractivity contribution in [1.29, 1.82) is 0 Å². The largest absolute Gasteiger partial charge is 0.495 e. The van der Waals surface area contributed by atoms with Crippen molar-refractivity contribution in [2.75, 3.05) is 12.4 Å². The van der Waals surface area contributed by atoms with Crippen LogP contribution in [0.1, 0.15) is 24.1 Å². The molecule has 0 aliphatic carbocycles. The van der Waals surface area contributed by atoms with Gasteiger partial charge in [0.2, 0.25) is 0 Å². The van der Waals surface area contributed by atoms with Gasteiger partial charge in [0, 0.05) is 5.70 Å². The van der Waals surface area contributed by atoms with Crippen molar-refractivity contribution in [2.45, 2.75) is 19.6 Å². The summed E-state index contributed by atoms with van der Waals surface area (Å²) in [5.74, 6) is 0.848. The third-order valence-corrected chi connectivity index (χ3v) is 5.31. The fraction of sp³-hybridized carbons (Fsp3) is 0.154. The number of carbonyl (C=O) groups is 2. The van der Waals surface area contributed by atoms with Gasteiger partial charge in [-0.2, -0.15) is 0 Å². The quantitative estimate of drug-likeness (QED) is 0.500. The zero-order valence-electron chi connectivity index (χ0n) is 18.4. The molecule has 0 aromatic heterocycles. The number of amides is 3. The van der Waals surface area contributed by atoms with Gasteiger partial charge in [-0.25, -0.2) is 4.79 Å². The first-order valence-electron chi connectivity index (χ1n) is 10.5. The van der Waals surface area contributed by atoms with Gasteiger partial charge in [-0.05, 0) is 42.3 Å². The Morgan fingerprint density at radius 1 is 1.00 bits per heavy atom. The lowest BCUT2D eigenvalue weighted by atomic mass is 9.94. The molecule has 168 valence electrons. The molecule has 7 nitrogen and oxygen atoms in total. The molecule has 1 heterocycles. The van der Waals surface area contributed by atoms with E-state index < -0.39 is 6.04 Å². The summed E-state index contributed by atoms with van der Waals surface area (Å²) in [6.07, 6.45) is 0. The molecule has 0 bridgehead atoms. The maximum absolute atomic E-state index is 13.3. The van der Waals surface area contributed by atoms with Crippen LogP contribution in [0.2, 0.25) is 0 Å². The molecule has 0 radical (unpaired) electrons. The number of hydrogen-bond acceptors (Lipinski definition) is 4. The van der Waals surface area contributed by atoms with Crippen LogP contribution in [0.3, 0.4) is 0 Å². The smallest absolute Gasteiger partial charge is 0.319 e. The average Bonchev–Trinajstić information content (AvgIpc) is 2.83. The van der Waals surface area contributed by atoms with Gasteiger partial charge in [0.05, 0.1) is 24.4 Å². The highest BCUT2D eigenvalue weighted by molar-refractivity contribution is 6.07. The second-order valence-electron chi connectivity index (χ2n) is 7.57. The number of allylic oxidation sites excluding steroid dienone is 1. The van der Waals surface area contributed by atoms with Gasteiger partial charge in [-0.3, -0.25) is 4.79 Å². The van der Waals surface area contributed by atoms with E-state index in [1.54, 1.807) is 26.2 Å². The number of hydrogen-bond donors (Lipinski definition) is 3. The van der Waals surface area contributed by atoms with E-state index in [1.165, 1.54) is 0 Å². The van der Waals surface area contributed by atoms with E-state index in [0.29, 0.717) is 35.1 Å². The first kappa shape index (κ1) is 22.0. The summed E-state index contributed by atoms with van der Waals surface area (Å²) in [6, 6.07) is 23.4. The second kappa shape index (κ2) is 9.91. The molecule has 33 heavy (non-hydrogen) atoms. The van der Waals surface area contributed by atoms with Crippen LogP contribution in [0.4, 0.5) is 10.5 Å². The topological polar surface area (TPSA) is 88.7 Å². The molecule has 0 saturated heterocycles. The number of urea groups is 1. The maximum atomic E-state index is 13.3. The van der Waals surface area contributed by atoms with Crippen LogP contribution in [0.15, 0.2) is 90.1 Å². The summed E-state index contributed by atoms with van der Waals surface area (Å²) < 4.78 is 11.3. The van der Waals surface area contributed by atoms with Crippen molar-refractivity contribution in [3.05, 3.63) is 101 Å². The Morgan fingerprint density at radius 2 is 1.76 bits per heavy atom. The lowest BCUT2D eigenvalue weighted by Gasteiger charge is -2.29. The molecule has 3 aromatic carbocycles. The number of rotatable bonds is 7. The van der Waals surface area contributed by atoms with Gasteiger partial charge >= 0.3 is 6.03 Å². The van der Waals surface area contributed by atoms with Gasteiger partial charge in [-0.1, -0.05) is 54.6 Å². The Kier molecular flexibility index (Phi) is 6.59. The first-order valence-corrected chi connectivity index (χ1v) is 10.5. The number of carbonyl (C=O) groups excluding carboxylic acids is 2. The molecule has 3 aromatic rings. The van der Waals surface area contributed by atoms with Crippen LogP contribution in [0, 0.1) is 0 Å². The molecule has 1 aliphatic heterocycles. The molecule has 7 heteroatoms. The highest BCUT2D eigenvalue weighted by Gasteiger charge is 2.31. The molecule has 1 unspecified atom stereocenters. The minimum atomic E-state index is -0.645. The fourth-order valence-electron chi connectivity index (χ4n) is 3.71. The number of nitrogens with one attached hydrogen (secondary N) is 3. The summed E-state index contributed by atoms with van der Waals surface area (Å²) in [7, 11) is 1.54.